The Kier molecular flexibility index (Phi) is 3.92. The predicted octanol–water partition coefficient (Wildman–Crippen LogP) is 2.10. The van der Waals surface area contributed by atoms with Crippen LogP contribution in [-0.2, 0) is 11.2 Å². The molecule has 4 nitrogen and oxygen atoms in total. The summed E-state index contributed by atoms with van der Waals surface area (Å²) in [5.74, 6) is 0.657. The molecular formula is C16H23N3O. The van der Waals surface area contributed by atoms with E-state index in [9.17, 15) is 0 Å². The molecule has 2 aliphatic rings. The normalized spacial score (nSPS) is 26.1. The average Bonchev–Trinajstić information content (AvgIpc) is 3.11. The second-order valence-corrected chi connectivity index (χ2v) is 5.60. The molecular weight excluding hydrogens is 250 g/mol. The first-order chi connectivity index (χ1) is 9.78. The summed E-state index contributed by atoms with van der Waals surface area (Å²) in [5, 5.41) is 0. The Morgan fingerprint density at radius 3 is 2.80 bits per heavy atom. The first-order valence-corrected chi connectivity index (χ1v) is 7.55. The van der Waals surface area contributed by atoms with Crippen molar-refractivity contribution in [3.8, 4) is 0 Å². The van der Waals surface area contributed by atoms with Crippen LogP contribution in [0.25, 0.3) is 0 Å². The number of rotatable bonds is 4. The molecule has 20 heavy (non-hydrogen) atoms. The van der Waals surface area contributed by atoms with Crippen LogP contribution < -0.4 is 5.73 Å². The standard InChI is InChI=1S/C16H23N3O/c1-2-12-5-7-13(8-6-12)15-10-18-16(17)19(15)11-14-4-3-9-20-14/h5-8,14-15H,2-4,9-11H2,1H3,(H2,17,18). The van der Waals surface area contributed by atoms with E-state index in [2.05, 4.69) is 41.1 Å². The second kappa shape index (κ2) is 5.83. The van der Waals surface area contributed by atoms with E-state index < -0.39 is 0 Å². The summed E-state index contributed by atoms with van der Waals surface area (Å²) < 4.78 is 5.73. The van der Waals surface area contributed by atoms with E-state index in [0.29, 0.717) is 12.1 Å². The quantitative estimate of drug-likeness (QED) is 0.914. The molecule has 2 N–H and O–H groups in total. The number of nitrogens with zero attached hydrogens (tertiary/aromatic N) is 2. The second-order valence-electron chi connectivity index (χ2n) is 5.60. The van der Waals surface area contributed by atoms with Gasteiger partial charge in [0, 0.05) is 13.2 Å². The highest BCUT2D eigenvalue weighted by atomic mass is 16.5. The van der Waals surface area contributed by atoms with Gasteiger partial charge in [-0.2, -0.15) is 0 Å². The van der Waals surface area contributed by atoms with E-state index in [1.165, 1.54) is 11.1 Å². The number of benzene rings is 1. The number of guanidine groups is 1. The molecule has 0 bridgehead atoms. The molecule has 4 heteroatoms. The zero-order valence-electron chi connectivity index (χ0n) is 12.1. The van der Waals surface area contributed by atoms with Gasteiger partial charge in [-0.1, -0.05) is 31.2 Å². The summed E-state index contributed by atoms with van der Waals surface area (Å²) in [6.45, 7) is 4.67. The van der Waals surface area contributed by atoms with Crippen molar-refractivity contribution in [2.24, 2.45) is 10.7 Å². The van der Waals surface area contributed by atoms with Crippen molar-refractivity contribution >= 4 is 5.96 Å². The molecule has 0 radical (unpaired) electrons. The van der Waals surface area contributed by atoms with Crippen molar-refractivity contribution in [3.05, 3.63) is 35.4 Å². The van der Waals surface area contributed by atoms with Gasteiger partial charge in [-0.05, 0) is 30.4 Å². The molecule has 0 aliphatic carbocycles. The van der Waals surface area contributed by atoms with Crippen LogP contribution in [0.2, 0.25) is 0 Å². The Morgan fingerprint density at radius 2 is 2.15 bits per heavy atom. The largest absolute Gasteiger partial charge is 0.376 e. The zero-order valence-corrected chi connectivity index (χ0v) is 12.1. The summed E-state index contributed by atoms with van der Waals surface area (Å²) in [6.07, 6.45) is 3.67. The highest BCUT2D eigenvalue weighted by molar-refractivity contribution is 5.80. The smallest absolute Gasteiger partial charge is 0.192 e. The molecule has 1 saturated heterocycles. The van der Waals surface area contributed by atoms with Crippen LogP contribution in [-0.4, -0.2) is 36.7 Å². The van der Waals surface area contributed by atoms with Gasteiger partial charge in [0.25, 0.3) is 0 Å². The van der Waals surface area contributed by atoms with Crippen LogP contribution in [0.5, 0.6) is 0 Å². The maximum absolute atomic E-state index is 6.06. The van der Waals surface area contributed by atoms with Crippen LogP contribution in [0.1, 0.15) is 36.9 Å². The van der Waals surface area contributed by atoms with Crippen molar-refractivity contribution in [2.75, 3.05) is 19.7 Å². The van der Waals surface area contributed by atoms with Crippen LogP contribution in [0.4, 0.5) is 0 Å². The van der Waals surface area contributed by atoms with Gasteiger partial charge >= 0.3 is 0 Å². The number of ether oxygens (including phenoxy) is 1. The molecule has 1 aromatic rings. The van der Waals surface area contributed by atoms with Crippen molar-refractivity contribution in [1.82, 2.24) is 4.90 Å². The molecule has 0 aromatic heterocycles. The van der Waals surface area contributed by atoms with Crippen LogP contribution >= 0.6 is 0 Å². The molecule has 2 heterocycles. The van der Waals surface area contributed by atoms with Crippen LogP contribution in [0.3, 0.4) is 0 Å². The van der Waals surface area contributed by atoms with Gasteiger partial charge < -0.3 is 15.4 Å². The fourth-order valence-electron chi connectivity index (χ4n) is 3.02. The maximum atomic E-state index is 6.06. The molecule has 2 aliphatic heterocycles. The van der Waals surface area contributed by atoms with E-state index in [1.807, 2.05) is 0 Å². The molecule has 3 rings (SSSR count). The van der Waals surface area contributed by atoms with Gasteiger partial charge in [0.05, 0.1) is 18.7 Å². The number of hydrogen-bond acceptors (Lipinski definition) is 4. The fraction of sp³-hybridized carbons (Fsp3) is 0.562. The van der Waals surface area contributed by atoms with E-state index in [1.54, 1.807) is 0 Å². The third-order valence-electron chi connectivity index (χ3n) is 4.29. The number of nitrogens with two attached hydrogens (primary N) is 1. The Labute approximate surface area is 120 Å². The molecule has 1 aromatic carbocycles. The lowest BCUT2D eigenvalue weighted by Gasteiger charge is -2.29. The van der Waals surface area contributed by atoms with Crippen molar-refractivity contribution in [2.45, 2.75) is 38.3 Å². The van der Waals surface area contributed by atoms with Crippen LogP contribution in [0.15, 0.2) is 29.3 Å². The SMILES string of the molecule is CCc1ccc(C2CN=C(N)N2CC2CCCO2)cc1. The fourth-order valence-corrected chi connectivity index (χ4v) is 3.02. The molecule has 0 amide bonds. The summed E-state index contributed by atoms with van der Waals surface area (Å²) in [6, 6.07) is 9.09. The van der Waals surface area contributed by atoms with Crippen LogP contribution in [0, 0.1) is 0 Å². The third kappa shape index (κ3) is 2.66. The van der Waals surface area contributed by atoms with Gasteiger partial charge in [-0.25, -0.2) is 0 Å². The zero-order chi connectivity index (χ0) is 13.9. The maximum Gasteiger partial charge on any atom is 0.192 e. The Bertz CT molecular complexity index is 477. The molecule has 1 fully saturated rings. The molecule has 0 spiro atoms. The minimum absolute atomic E-state index is 0.269. The number of hydrogen-bond donors (Lipinski definition) is 1. The van der Waals surface area contributed by atoms with E-state index >= 15 is 0 Å². The minimum atomic E-state index is 0.269. The lowest BCUT2D eigenvalue weighted by molar-refractivity contribution is 0.0853. The first-order valence-electron chi connectivity index (χ1n) is 7.55. The van der Waals surface area contributed by atoms with Gasteiger partial charge in [0.15, 0.2) is 5.96 Å². The van der Waals surface area contributed by atoms with E-state index in [4.69, 9.17) is 10.5 Å². The topological polar surface area (TPSA) is 50.8 Å². The summed E-state index contributed by atoms with van der Waals surface area (Å²) in [7, 11) is 0. The Morgan fingerprint density at radius 1 is 1.35 bits per heavy atom. The number of aliphatic imine (C=N–C) groups is 1. The number of aryl methyl sites for hydroxylation is 1. The molecule has 2 unspecified atom stereocenters. The van der Waals surface area contributed by atoms with Gasteiger partial charge in [-0.3, -0.25) is 4.99 Å². The van der Waals surface area contributed by atoms with E-state index in [-0.39, 0.29) is 6.04 Å². The monoisotopic (exact) mass is 273 g/mol. The third-order valence-corrected chi connectivity index (χ3v) is 4.29. The van der Waals surface area contributed by atoms with Gasteiger partial charge in [0.1, 0.15) is 0 Å². The van der Waals surface area contributed by atoms with Gasteiger partial charge in [0.2, 0.25) is 0 Å². The highest BCUT2D eigenvalue weighted by Crippen LogP contribution is 2.27. The Balaban J connectivity index is 1.73. The Hall–Kier alpha value is -1.55. The lowest BCUT2D eigenvalue weighted by Crippen LogP contribution is -2.41. The van der Waals surface area contributed by atoms with Crippen molar-refractivity contribution in [3.63, 3.8) is 0 Å². The lowest BCUT2D eigenvalue weighted by atomic mass is 10.0. The molecule has 2 atom stereocenters. The summed E-state index contributed by atoms with van der Waals surface area (Å²) >= 11 is 0. The highest BCUT2D eigenvalue weighted by Gasteiger charge is 2.30. The molecule has 108 valence electrons. The predicted molar refractivity (Wildman–Crippen MR) is 80.7 cm³/mol. The molecule has 0 saturated carbocycles. The minimum Gasteiger partial charge on any atom is -0.376 e. The average molecular weight is 273 g/mol. The van der Waals surface area contributed by atoms with E-state index in [0.717, 1.165) is 39.0 Å². The van der Waals surface area contributed by atoms with Gasteiger partial charge in [-0.15, -0.1) is 0 Å². The summed E-state index contributed by atoms with van der Waals surface area (Å²) in [4.78, 5) is 6.63. The van der Waals surface area contributed by atoms with Crippen molar-refractivity contribution < 1.29 is 4.74 Å². The van der Waals surface area contributed by atoms with Crippen molar-refractivity contribution in [1.29, 1.82) is 0 Å². The first kappa shape index (κ1) is 13.4. The summed E-state index contributed by atoms with van der Waals surface area (Å²) in [5.41, 5.74) is 8.72.